The van der Waals surface area contributed by atoms with E-state index in [4.69, 9.17) is 10.5 Å². The molecule has 2 heterocycles. The average molecular weight is 346 g/mol. The second-order valence-corrected chi connectivity index (χ2v) is 5.23. The fourth-order valence-electron chi connectivity index (χ4n) is 2.58. The second-order valence-electron chi connectivity index (χ2n) is 5.23. The molecule has 0 saturated carbocycles. The van der Waals surface area contributed by atoms with Crippen molar-refractivity contribution < 1.29 is 31.4 Å². The molecule has 0 saturated heterocycles. The van der Waals surface area contributed by atoms with Crippen molar-refractivity contribution in [2.75, 3.05) is 6.61 Å². The first-order valence-electron chi connectivity index (χ1n) is 6.83. The fraction of sp³-hybridized carbons (Fsp3) is 0.267. The van der Waals surface area contributed by atoms with E-state index in [1.165, 1.54) is 12.3 Å². The molecule has 1 aromatic carbocycles. The summed E-state index contributed by atoms with van der Waals surface area (Å²) in [6.07, 6.45) is -3.68. The highest BCUT2D eigenvalue weighted by Gasteiger charge is 2.40. The quantitative estimate of drug-likeness (QED) is 0.848. The minimum Gasteiger partial charge on any atom is -0.488 e. The molecule has 0 fully saturated rings. The molecule has 3 rings (SSSR count). The van der Waals surface area contributed by atoms with E-state index < -0.39 is 29.3 Å². The van der Waals surface area contributed by atoms with Crippen molar-refractivity contribution in [2.45, 2.75) is 18.3 Å². The lowest BCUT2D eigenvalue weighted by molar-refractivity contribution is -0.275. The number of rotatable bonds is 2. The van der Waals surface area contributed by atoms with Crippen molar-refractivity contribution in [2.24, 2.45) is 5.73 Å². The molecule has 2 aromatic rings. The Bertz CT molecular complexity index is 781. The van der Waals surface area contributed by atoms with Crippen LogP contribution in [0.4, 0.5) is 22.0 Å². The molecule has 0 aliphatic carbocycles. The number of pyridine rings is 1. The van der Waals surface area contributed by atoms with Crippen LogP contribution in [-0.4, -0.2) is 18.0 Å². The van der Waals surface area contributed by atoms with Crippen molar-refractivity contribution >= 4 is 0 Å². The Kier molecular flexibility index (Phi) is 3.83. The Labute approximate surface area is 133 Å². The summed E-state index contributed by atoms with van der Waals surface area (Å²) in [5.74, 6) is -3.04. The van der Waals surface area contributed by atoms with Crippen molar-refractivity contribution in [3.05, 3.63) is 53.4 Å². The van der Waals surface area contributed by atoms with Gasteiger partial charge in [-0.2, -0.15) is 0 Å². The van der Waals surface area contributed by atoms with Crippen LogP contribution in [0.15, 0.2) is 30.5 Å². The van der Waals surface area contributed by atoms with Crippen molar-refractivity contribution in [1.82, 2.24) is 4.98 Å². The van der Waals surface area contributed by atoms with Gasteiger partial charge in [0.1, 0.15) is 5.69 Å². The van der Waals surface area contributed by atoms with Gasteiger partial charge >= 0.3 is 6.36 Å². The molecule has 1 aliphatic rings. The summed E-state index contributed by atoms with van der Waals surface area (Å²) in [7, 11) is 0. The number of ether oxygens (including phenoxy) is 2. The molecule has 4 nitrogen and oxygen atoms in total. The van der Waals surface area contributed by atoms with Crippen molar-refractivity contribution in [1.29, 1.82) is 0 Å². The third-order valence-electron chi connectivity index (χ3n) is 3.69. The van der Waals surface area contributed by atoms with Crippen LogP contribution >= 0.6 is 0 Å². The Hall–Kier alpha value is -2.42. The third kappa shape index (κ3) is 2.86. The van der Waals surface area contributed by atoms with E-state index in [1.54, 1.807) is 0 Å². The first-order chi connectivity index (χ1) is 11.2. The van der Waals surface area contributed by atoms with Crippen LogP contribution in [0.1, 0.15) is 17.7 Å². The van der Waals surface area contributed by atoms with Gasteiger partial charge in [-0.1, -0.05) is 6.07 Å². The van der Waals surface area contributed by atoms with E-state index >= 15 is 0 Å². The van der Waals surface area contributed by atoms with E-state index in [1.807, 2.05) is 0 Å². The van der Waals surface area contributed by atoms with E-state index in [9.17, 15) is 22.0 Å². The summed E-state index contributed by atoms with van der Waals surface area (Å²) in [4.78, 5) is 4.00. The third-order valence-corrected chi connectivity index (χ3v) is 3.69. The second kappa shape index (κ2) is 5.59. The lowest BCUT2D eigenvalue weighted by Gasteiger charge is -2.35. The zero-order valence-electron chi connectivity index (χ0n) is 12.0. The fourth-order valence-corrected chi connectivity index (χ4v) is 2.58. The minimum atomic E-state index is -5.02. The molecule has 2 N–H and O–H groups in total. The topological polar surface area (TPSA) is 57.4 Å². The molecule has 0 bridgehead atoms. The summed E-state index contributed by atoms with van der Waals surface area (Å²) in [6.45, 7) is 0.0501. The van der Waals surface area contributed by atoms with Gasteiger partial charge in [-0.15, -0.1) is 13.2 Å². The molecule has 128 valence electrons. The number of alkyl halides is 3. The average Bonchev–Trinajstić information content (AvgIpc) is 2.49. The maximum Gasteiger partial charge on any atom is 0.573 e. The van der Waals surface area contributed by atoms with E-state index in [0.29, 0.717) is 0 Å². The van der Waals surface area contributed by atoms with E-state index in [0.717, 1.165) is 18.2 Å². The van der Waals surface area contributed by atoms with Crippen LogP contribution < -0.4 is 15.2 Å². The zero-order chi connectivity index (χ0) is 17.5. The number of nitrogens with two attached hydrogens (primary N) is 1. The lowest BCUT2D eigenvalue weighted by Crippen LogP contribution is -2.43. The summed E-state index contributed by atoms with van der Waals surface area (Å²) in [5, 5.41) is 0. The maximum atomic E-state index is 14.0. The number of hydrogen-bond acceptors (Lipinski definition) is 4. The van der Waals surface area contributed by atoms with Gasteiger partial charge in [-0.25, -0.2) is 8.78 Å². The van der Waals surface area contributed by atoms with E-state index in [2.05, 4.69) is 9.72 Å². The van der Waals surface area contributed by atoms with Crippen molar-refractivity contribution in [3.63, 3.8) is 0 Å². The first kappa shape index (κ1) is 16.4. The van der Waals surface area contributed by atoms with Gasteiger partial charge in [0.25, 0.3) is 0 Å². The Morgan fingerprint density at radius 1 is 1.17 bits per heavy atom. The van der Waals surface area contributed by atoms with Crippen LogP contribution in [0.2, 0.25) is 0 Å². The standard InChI is InChI=1S/C15H11F5N2O2/c16-9-3-5-22-13-12(9)23-6-4-14(13,21)8-1-2-11(10(17)7-8)24-15(18,19)20/h1-3,5,7H,4,6,21H2/t14-/m0/s1. The number of hydrogen-bond donors (Lipinski definition) is 1. The van der Waals surface area contributed by atoms with Crippen LogP contribution in [-0.2, 0) is 5.54 Å². The number of benzene rings is 1. The predicted molar refractivity (Wildman–Crippen MR) is 72.4 cm³/mol. The highest BCUT2D eigenvalue weighted by Crippen LogP contribution is 2.40. The van der Waals surface area contributed by atoms with Gasteiger partial charge in [-0.3, -0.25) is 4.98 Å². The highest BCUT2D eigenvalue weighted by atomic mass is 19.4. The molecule has 24 heavy (non-hydrogen) atoms. The highest BCUT2D eigenvalue weighted by molar-refractivity contribution is 5.45. The van der Waals surface area contributed by atoms with Gasteiger partial charge in [0, 0.05) is 12.6 Å². The summed E-state index contributed by atoms with van der Waals surface area (Å²) >= 11 is 0. The smallest absolute Gasteiger partial charge is 0.488 e. The Morgan fingerprint density at radius 2 is 1.92 bits per heavy atom. The molecular formula is C15H11F5N2O2. The summed E-state index contributed by atoms with van der Waals surface area (Å²) in [6, 6.07) is 3.92. The number of nitrogens with zero attached hydrogens (tertiary/aromatic N) is 1. The molecular weight excluding hydrogens is 335 g/mol. The largest absolute Gasteiger partial charge is 0.573 e. The molecule has 0 spiro atoms. The molecule has 0 amide bonds. The van der Waals surface area contributed by atoms with Gasteiger partial charge in [0.2, 0.25) is 0 Å². The van der Waals surface area contributed by atoms with Gasteiger partial charge < -0.3 is 15.2 Å². The molecule has 1 atom stereocenters. The molecule has 0 unspecified atom stereocenters. The minimum absolute atomic E-state index is 0.0501. The van der Waals surface area contributed by atoms with E-state index in [-0.39, 0.29) is 30.0 Å². The Morgan fingerprint density at radius 3 is 2.58 bits per heavy atom. The SMILES string of the molecule is N[C@]1(c2ccc(OC(F)(F)F)c(F)c2)CCOc2c(F)ccnc21. The molecule has 0 radical (unpaired) electrons. The van der Waals surface area contributed by atoms with Crippen LogP contribution in [0.25, 0.3) is 0 Å². The Balaban J connectivity index is 2.04. The molecule has 1 aromatic heterocycles. The monoisotopic (exact) mass is 346 g/mol. The summed E-state index contributed by atoms with van der Waals surface area (Å²) in [5.41, 5.74) is 5.06. The predicted octanol–water partition coefficient (Wildman–Crippen LogP) is 3.24. The number of aromatic nitrogens is 1. The molecule has 9 heteroatoms. The first-order valence-corrected chi connectivity index (χ1v) is 6.83. The normalized spacial score (nSPS) is 20.2. The van der Waals surface area contributed by atoms with Crippen LogP contribution in [0.3, 0.4) is 0 Å². The molecule has 1 aliphatic heterocycles. The zero-order valence-corrected chi connectivity index (χ0v) is 12.0. The number of halogens is 5. The van der Waals surface area contributed by atoms with Gasteiger partial charge in [-0.05, 0) is 23.8 Å². The lowest BCUT2D eigenvalue weighted by atomic mass is 9.82. The van der Waals surface area contributed by atoms with Gasteiger partial charge in [0.05, 0.1) is 12.1 Å². The van der Waals surface area contributed by atoms with Crippen LogP contribution in [0.5, 0.6) is 11.5 Å². The summed E-state index contributed by atoms with van der Waals surface area (Å²) < 4.78 is 73.2. The van der Waals surface area contributed by atoms with Crippen molar-refractivity contribution in [3.8, 4) is 11.5 Å². The number of fused-ring (bicyclic) bond motifs is 1. The van der Waals surface area contributed by atoms with Crippen LogP contribution in [0, 0.1) is 11.6 Å². The maximum absolute atomic E-state index is 14.0. The van der Waals surface area contributed by atoms with Gasteiger partial charge in [0.15, 0.2) is 23.1 Å².